The third kappa shape index (κ3) is 4.07. The van der Waals surface area contributed by atoms with E-state index < -0.39 is 24.2 Å². The molecule has 0 aliphatic rings. The SMILES string of the molecule is [2H]c1c(-c2ccc(-c3ccc4ccc5cccc6ccc3c4c56)cc2-c2cc3cccc4ccc5cccc2c5c43)c([2H])c2c(oc3c([2H])c4c([2H])c([2H])c([2H])c([2H])c4c([2H])c32)c1[2H]. The monoisotopic (exact) mass is 703 g/mol. The average molecular weight is 704 g/mol. The summed E-state index contributed by atoms with van der Waals surface area (Å²) in [5, 5.41) is 13.1. The molecule has 252 valence electrons. The molecule has 0 saturated heterocycles. The zero-order valence-electron chi connectivity index (χ0n) is 38.0. The van der Waals surface area contributed by atoms with Crippen LogP contribution in [0.25, 0.3) is 131 Å². The van der Waals surface area contributed by atoms with Crippen LogP contribution in [0.4, 0.5) is 0 Å². The predicted octanol–water partition coefficient (Wildman–Crippen LogP) is 15.5. The molecule has 0 spiro atoms. The average Bonchev–Trinajstić information content (AvgIpc) is 3.74. The number of benzene rings is 12. The standard InChI is InChI=1S/C54H30O/c1-2-7-37-30-50-48(26-36(37)6-1)47-28-39(21-25-49(47)55-50)42-23-20-38(41-22-18-35-17-15-31-8-3-9-33-19-24-44(41)54(35)51(31)33)27-45(42)46-29-40-12-4-10-32-14-16-34-11-5-13-43(46)53(34)52(32)40/h1-30H/i1D,2D,6D,7D,21D,25D,26D,28D,30D. The van der Waals surface area contributed by atoms with Crippen LogP contribution < -0.4 is 0 Å². The van der Waals surface area contributed by atoms with Gasteiger partial charge in [0.05, 0.1) is 12.3 Å². The van der Waals surface area contributed by atoms with E-state index in [4.69, 9.17) is 11.3 Å². The van der Waals surface area contributed by atoms with Crippen LogP contribution in [0.3, 0.4) is 0 Å². The van der Waals surface area contributed by atoms with Crippen molar-refractivity contribution in [2.45, 2.75) is 0 Å². The van der Waals surface area contributed by atoms with E-state index >= 15 is 0 Å². The Morgan fingerprint density at radius 1 is 0.327 bits per heavy atom. The van der Waals surface area contributed by atoms with Gasteiger partial charge in [0.15, 0.2) is 0 Å². The number of hydrogen-bond acceptors (Lipinski definition) is 1. The molecular weight excluding hydrogens is 665 g/mol. The summed E-state index contributed by atoms with van der Waals surface area (Å²) in [6.45, 7) is 0. The van der Waals surface area contributed by atoms with Gasteiger partial charge in [0.1, 0.15) is 11.2 Å². The van der Waals surface area contributed by atoms with Crippen molar-refractivity contribution >= 4 is 97.3 Å². The largest absolute Gasteiger partial charge is 0.456 e. The summed E-state index contributed by atoms with van der Waals surface area (Å²) in [5.41, 5.74) is 3.90. The molecule has 0 amide bonds. The third-order valence-electron chi connectivity index (χ3n) is 11.6. The summed E-state index contributed by atoms with van der Waals surface area (Å²) in [4.78, 5) is 0. The lowest BCUT2D eigenvalue weighted by molar-refractivity contribution is 0.669. The van der Waals surface area contributed by atoms with Crippen LogP contribution in [-0.2, 0) is 0 Å². The Labute approximate surface area is 328 Å². The molecule has 0 radical (unpaired) electrons. The van der Waals surface area contributed by atoms with Crippen molar-refractivity contribution in [1.82, 2.24) is 0 Å². The van der Waals surface area contributed by atoms with Crippen molar-refractivity contribution in [3.63, 3.8) is 0 Å². The summed E-state index contributed by atoms with van der Waals surface area (Å²) >= 11 is 0. The molecule has 0 fully saturated rings. The number of furan rings is 1. The second kappa shape index (κ2) is 10.7. The molecule has 55 heavy (non-hydrogen) atoms. The van der Waals surface area contributed by atoms with Crippen LogP contribution in [0.1, 0.15) is 12.3 Å². The van der Waals surface area contributed by atoms with Crippen molar-refractivity contribution in [3.8, 4) is 33.4 Å². The fourth-order valence-corrected chi connectivity index (χ4v) is 9.12. The topological polar surface area (TPSA) is 13.1 Å². The minimum Gasteiger partial charge on any atom is -0.456 e. The number of fused-ring (bicyclic) bond motifs is 4. The second-order valence-electron chi connectivity index (χ2n) is 14.5. The summed E-state index contributed by atoms with van der Waals surface area (Å²) in [7, 11) is 0. The van der Waals surface area contributed by atoms with E-state index in [1.165, 1.54) is 10.8 Å². The van der Waals surface area contributed by atoms with Crippen LogP contribution in [-0.4, -0.2) is 0 Å². The maximum atomic E-state index is 9.96. The minimum absolute atomic E-state index is 0.00801. The molecule has 1 heteroatoms. The normalized spacial score (nSPS) is 14.7. The van der Waals surface area contributed by atoms with Crippen molar-refractivity contribution < 1.29 is 16.8 Å². The van der Waals surface area contributed by atoms with Gasteiger partial charge < -0.3 is 4.42 Å². The highest BCUT2D eigenvalue weighted by molar-refractivity contribution is 6.28. The Balaban J connectivity index is 1.16. The maximum Gasteiger partial charge on any atom is 0.136 e. The first-order valence-corrected chi connectivity index (χ1v) is 18.3. The van der Waals surface area contributed by atoms with Crippen LogP contribution in [0.15, 0.2) is 186 Å². The van der Waals surface area contributed by atoms with E-state index in [2.05, 4.69) is 103 Å². The summed E-state index contributed by atoms with van der Waals surface area (Å²) in [6.07, 6.45) is 0. The van der Waals surface area contributed by atoms with Crippen LogP contribution in [0, 0.1) is 0 Å². The molecule has 0 aliphatic heterocycles. The van der Waals surface area contributed by atoms with Crippen molar-refractivity contribution in [3.05, 3.63) is 182 Å². The van der Waals surface area contributed by atoms with Gasteiger partial charge >= 0.3 is 0 Å². The van der Waals surface area contributed by atoms with Crippen LogP contribution in [0.2, 0.25) is 0 Å². The minimum atomic E-state index is -0.540. The molecule has 1 nitrogen and oxygen atoms in total. The lowest BCUT2D eigenvalue weighted by Gasteiger charge is -2.19. The van der Waals surface area contributed by atoms with Crippen molar-refractivity contribution in [2.24, 2.45) is 0 Å². The first kappa shape index (κ1) is 22.1. The predicted molar refractivity (Wildman–Crippen MR) is 235 cm³/mol. The zero-order chi connectivity index (χ0) is 43.6. The Morgan fingerprint density at radius 2 is 0.909 bits per heavy atom. The summed E-state index contributed by atoms with van der Waals surface area (Å²) < 4.78 is 87.7. The van der Waals surface area contributed by atoms with Gasteiger partial charge in [0, 0.05) is 10.8 Å². The van der Waals surface area contributed by atoms with Gasteiger partial charge in [-0.15, -0.1) is 0 Å². The van der Waals surface area contributed by atoms with Crippen molar-refractivity contribution in [1.29, 1.82) is 0 Å². The Morgan fingerprint density at radius 3 is 1.69 bits per heavy atom. The molecule has 13 rings (SSSR count). The van der Waals surface area contributed by atoms with E-state index in [1.54, 1.807) is 0 Å². The van der Waals surface area contributed by atoms with Gasteiger partial charge in [0.2, 0.25) is 0 Å². The van der Waals surface area contributed by atoms with Gasteiger partial charge in [-0.3, -0.25) is 0 Å². The fraction of sp³-hybridized carbons (Fsp3) is 0. The van der Waals surface area contributed by atoms with Gasteiger partial charge in [0.25, 0.3) is 0 Å². The number of hydrogen-bond donors (Lipinski definition) is 0. The Hall–Kier alpha value is -7.22. The molecule has 0 atom stereocenters. The summed E-state index contributed by atoms with van der Waals surface area (Å²) in [6, 6.07) is 40.9. The quantitative estimate of drug-likeness (QED) is 0.167. The van der Waals surface area contributed by atoms with Crippen LogP contribution >= 0.6 is 0 Å². The molecular formula is C54H30O. The fourth-order valence-electron chi connectivity index (χ4n) is 9.12. The molecule has 12 aromatic carbocycles. The third-order valence-corrected chi connectivity index (χ3v) is 11.6. The van der Waals surface area contributed by atoms with E-state index in [0.29, 0.717) is 5.56 Å². The maximum absolute atomic E-state index is 9.96. The van der Waals surface area contributed by atoms with Gasteiger partial charge in [-0.25, -0.2) is 0 Å². The van der Waals surface area contributed by atoms with Crippen LogP contribution in [0.5, 0.6) is 0 Å². The Kier molecular flexibility index (Phi) is 4.29. The molecule has 0 unspecified atom stereocenters. The van der Waals surface area contributed by atoms with E-state index in [9.17, 15) is 5.48 Å². The lowest BCUT2D eigenvalue weighted by atomic mass is 9.84. The molecule has 0 aliphatic carbocycles. The lowest BCUT2D eigenvalue weighted by Crippen LogP contribution is -1.92. The number of rotatable bonds is 3. The van der Waals surface area contributed by atoms with Gasteiger partial charge in [-0.2, -0.15) is 0 Å². The van der Waals surface area contributed by atoms with Gasteiger partial charge in [-0.05, 0) is 145 Å². The molecule has 0 N–H and O–H groups in total. The highest BCUT2D eigenvalue weighted by atomic mass is 16.3. The molecule has 1 aromatic heterocycles. The van der Waals surface area contributed by atoms with Crippen molar-refractivity contribution in [2.75, 3.05) is 0 Å². The highest BCUT2D eigenvalue weighted by Crippen LogP contribution is 2.47. The molecule has 1 heterocycles. The summed E-state index contributed by atoms with van der Waals surface area (Å²) in [5.74, 6) is 0. The second-order valence-corrected chi connectivity index (χ2v) is 14.5. The van der Waals surface area contributed by atoms with E-state index in [0.717, 1.165) is 76.1 Å². The highest BCUT2D eigenvalue weighted by Gasteiger charge is 2.20. The van der Waals surface area contributed by atoms with Gasteiger partial charge in [-0.1, -0.05) is 145 Å². The molecule has 0 bridgehead atoms. The van der Waals surface area contributed by atoms with E-state index in [1.807, 2.05) is 24.3 Å². The molecule has 0 saturated carbocycles. The first-order valence-electron chi connectivity index (χ1n) is 22.8. The molecule has 13 aromatic rings. The Bertz CT molecular complexity index is 4230. The van der Waals surface area contributed by atoms with E-state index in [-0.39, 0.29) is 68.5 Å². The smallest absolute Gasteiger partial charge is 0.136 e. The zero-order valence-corrected chi connectivity index (χ0v) is 29.0. The first-order chi connectivity index (χ1) is 31.0.